The fourth-order valence-corrected chi connectivity index (χ4v) is 3.28. The number of aryl methyl sites for hydroxylation is 1. The molecule has 4 rings (SSSR count). The van der Waals surface area contributed by atoms with Crippen LogP contribution in [0, 0.1) is 12.7 Å². The number of nitrogens with zero attached hydrogens (tertiary/aromatic N) is 3. The van der Waals surface area contributed by atoms with E-state index >= 15 is 0 Å². The maximum Gasteiger partial charge on any atom is 0.140 e. The van der Waals surface area contributed by atoms with E-state index in [2.05, 4.69) is 15.0 Å². The molecule has 1 aliphatic rings. The predicted molar refractivity (Wildman–Crippen MR) is 93.8 cm³/mol. The number of halogens is 2. The van der Waals surface area contributed by atoms with Crippen molar-refractivity contribution in [2.24, 2.45) is 0 Å². The maximum absolute atomic E-state index is 14.3. The lowest BCUT2D eigenvalue weighted by atomic mass is 10.2. The molecule has 136 valence electrons. The van der Waals surface area contributed by atoms with Gasteiger partial charge in [-0.25, -0.2) is 13.8 Å². The van der Waals surface area contributed by atoms with Crippen molar-refractivity contribution in [3.63, 3.8) is 0 Å². The molecule has 0 bridgehead atoms. The van der Waals surface area contributed by atoms with Crippen LogP contribution < -0.4 is 0 Å². The van der Waals surface area contributed by atoms with Crippen molar-refractivity contribution in [3.8, 4) is 0 Å². The molecular formula is C19H20F2N4O. The Morgan fingerprint density at radius 1 is 1.31 bits per heavy atom. The van der Waals surface area contributed by atoms with E-state index < -0.39 is 12.3 Å². The Morgan fingerprint density at radius 2 is 2.19 bits per heavy atom. The molecule has 1 aromatic carbocycles. The number of hydrogen-bond donors (Lipinski definition) is 1. The lowest BCUT2D eigenvalue weighted by molar-refractivity contribution is 0.00861. The van der Waals surface area contributed by atoms with E-state index in [1.807, 2.05) is 24.0 Å². The number of pyridine rings is 1. The zero-order valence-corrected chi connectivity index (χ0v) is 14.5. The molecule has 7 heteroatoms. The minimum atomic E-state index is -1.05. The molecule has 26 heavy (non-hydrogen) atoms. The standard InChI is InChI=1S/C19H20F2N4O/c1-12-3-2-6-22-17(12)9-25-8-14(21)18(10-25)26-11-19-23-15-5-4-13(20)7-16(15)24-19/h2-7,14,18H,8-11H2,1H3,(H,23,24)/t14-,18+/m1/s1. The van der Waals surface area contributed by atoms with Crippen LogP contribution in [0.25, 0.3) is 11.0 Å². The Hall–Kier alpha value is -2.38. The van der Waals surface area contributed by atoms with Crippen LogP contribution in [-0.2, 0) is 17.9 Å². The Kier molecular flexibility index (Phi) is 4.65. The van der Waals surface area contributed by atoms with Gasteiger partial charge in [0.2, 0.25) is 0 Å². The number of imidazole rings is 1. The van der Waals surface area contributed by atoms with Gasteiger partial charge in [-0.1, -0.05) is 6.07 Å². The van der Waals surface area contributed by atoms with E-state index in [9.17, 15) is 8.78 Å². The third-order valence-corrected chi connectivity index (χ3v) is 4.69. The highest BCUT2D eigenvalue weighted by atomic mass is 19.1. The summed E-state index contributed by atoms with van der Waals surface area (Å²) in [6.07, 6.45) is 0.189. The van der Waals surface area contributed by atoms with Gasteiger partial charge in [0, 0.05) is 25.8 Å². The number of rotatable bonds is 5. The molecule has 0 amide bonds. The molecule has 5 nitrogen and oxygen atoms in total. The summed E-state index contributed by atoms with van der Waals surface area (Å²) in [5.41, 5.74) is 3.33. The molecule has 0 radical (unpaired) electrons. The van der Waals surface area contributed by atoms with E-state index in [1.165, 1.54) is 12.1 Å². The number of alkyl halides is 1. The van der Waals surface area contributed by atoms with Crippen LogP contribution in [0.2, 0.25) is 0 Å². The van der Waals surface area contributed by atoms with E-state index in [4.69, 9.17) is 4.74 Å². The van der Waals surface area contributed by atoms with E-state index in [-0.39, 0.29) is 12.4 Å². The summed E-state index contributed by atoms with van der Waals surface area (Å²) in [5.74, 6) is 0.241. The average molecular weight is 358 g/mol. The first-order valence-electron chi connectivity index (χ1n) is 8.61. The molecule has 3 heterocycles. The van der Waals surface area contributed by atoms with Crippen molar-refractivity contribution in [1.29, 1.82) is 0 Å². The minimum absolute atomic E-state index is 0.165. The van der Waals surface area contributed by atoms with E-state index in [1.54, 1.807) is 12.3 Å². The van der Waals surface area contributed by atoms with Gasteiger partial charge in [-0.2, -0.15) is 0 Å². The summed E-state index contributed by atoms with van der Waals surface area (Å²) in [7, 11) is 0. The summed E-state index contributed by atoms with van der Waals surface area (Å²) in [4.78, 5) is 13.7. The molecule has 1 N–H and O–H groups in total. The maximum atomic E-state index is 14.3. The molecule has 3 aromatic rings. The first kappa shape index (κ1) is 17.1. The molecule has 0 unspecified atom stereocenters. The van der Waals surface area contributed by atoms with Crippen LogP contribution in [0.3, 0.4) is 0 Å². The van der Waals surface area contributed by atoms with Crippen LogP contribution >= 0.6 is 0 Å². The summed E-state index contributed by atoms with van der Waals surface area (Å²) < 4.78 is 33.3. The zero-order chi connectivity index (χ0) is 18.1. The number of ether oxygens (including phenoxy) is 1. The number of aromatic nitrogens is 3. The first-order chi connectivity index (χ1) is 12.6. The Morgan fingerprint density at radius 3 is 3.04 bits per heavy atom. The first-order valence-corrected chi connectivity index (χ1v) is 8.61. The van der Waals surface area contributed by atoms with Crippen molar-refractivity contribution < 1.29 is 13.5 Å². The normalized spacial score (nSPS) is 20.9. The average Bonchev–Trinajstić information content (AvgIpc) is 3.17. The quantitative estimate of drug-likeness (QED) is 0.761. The van der Waals surface area contributed by atoms with Gasteiger partial charge in [0.25, 0.3) is 0 Å². The predicted octanol–water partition coefficient (Wildman–Crippen LogP) is 3.14. The SMILES string of the molecule is Cc1cccnc1CN1C[C@@H](F)[C@@H](OCc2nc3ccc(F)cc3[nH]2)C1. The van der Waals surface area contributed by atoms with Crippen LogP contribution in [0.15, 0.2) is 36.5 Å². The number of likely N-dealkylation sites (tertiary alicyclic amines) is 1. The van der Waals surface area contributed by atoms with Crippen molar-refractivity contribution in [1.82, 2.24) is 19.9 Å². The van der Waals surface area contributed by atoms with Gasteiger partial charge in [-0.05, 0) is 36.8 Å². The zero-order valence-electron chi connectivity index (χ0n) is 14.5. The second-order valence-corrected chi connectivity index (χ2v) is 6.67. The van der Waals surface area contributed by atoms with Crippen LogP contribution in [0.1, 0.15) is 17.1 Å². The van der Waals surface area contributed by atoms with Crippen molar-refractivity contribution in [2.45, 2.75) is 32.4 Å². The summed E-state index contributed by atoms with van der Waals surface area (Å²) in [5, 5.41) is 0. The van der Waals surface area contributed by atoms with Gasteiger partial charge >= 0.3 is 0 Å². The van der Waals surface area contributed by atoms with Crippen molar-refractivity contribution in [2.75, 3.05) is 13.1 Å². The van der Waals surface area contributed by atoms with Crippen LogP contribution in [0.4, 0.5) is 8.78 Å². The van der Waals surface area contributed by atoms with Gasteiger partial charge in [0.15, 0.2) is 0 Å². The lowest BCUT2D eigenvalue weighted by Crippen LogP contribution is -2.25. The highest BCUT2D eigenvalue weighted by Gasteiger charge is 2.34. The van der Waals surface area contributed by atoms with E-state index in [0.717, 1.165) is 11.3 Å². The third kappa shape index (κ3) is 3.59. The summed E-state index contributed by atoms with van der Waals surface area (Å²) in [6, 6.07) is 8.25. The second-order valence-electron chi connectivity index (χ2n) is 6.67. The number of aromatic amines is 1. The van der Waals surface area contributed by atoms with Gasteiger partial charge in [0.05, 0.1) is 16.7 Å². The number of benzene rings is 1. The van der Waals surface area contributed by atoms with Gasteiger partial charge in [0.1, 0.15) is 30.5 Å². The Bertz CT molecular complexity index is 913. The van der Waals surface area contributed by atoms with Gasteiger partial charge in [-0.15, -0.1) is 0 Å². The molecule has 1 saturated heterocycles. The smallest absolute Gasteiger partial charge is 0.140 e. The van der Waals surface area contributed by atoms with Crippen LogP contribution in [0.5, 0.6) is 0 Å². The third-order valence-electron chi connectivity index (χ3n) is 4.69. The number of hydrogen-bond acceptors (Lipinski definition) is 4. The molecule has 1 fully saturated rings. The lowest BCUT2D eigenvalue weighted by Gasteiger charge is -2.16. The Balaban J connectivity index is 1.36. The summed E-state index contributed by atoms with van der Waals surface area (Å²) >= 11 is 0. The molecule has 0 saturated carbocycles. The Labute approximate surface area is 150 Å². The fraction of sp³-hybridized carbons (Fsp3) is 0.368. The molecule has 1 aliphatic heterocycles. The van der Waals surface area contributed by atoms with Crippen LogP contribution in [-0.4, -0.2) is 45.2 Å². The minimum Gasteiger partial charge on any atom is -0.366 e. The molecular weight excluding hydrogens is 338 g/mol. The highest BCUT2D eigenvalue weighted by Crippen LogP contribution is 2.21. The van der Waals surface area contributed by atoms with Gasteiger partial charge < -0.3 is 9.72 Å². The second kappa shape index (κ2) is 7.09. The fourth-order valence-electron chi connectivity index (χ4n) is 3.28. The summed E-state index contributed by atoms with van der Waals surface area (Å²) in [6.45, 7) is 3.61. The molecule has 2 atom stereocenters. The molecule has 0 aliphatic carbocycles. The van der Waals surface area contributed by atoms with E-state index in [0.29, 0.717) is 36.5 Å². The number of fused-ring (bicyclic) bond motifs is 1. The number of H-pyrrole nitrogens is 1. The molecule has 0 spiro atoms. The number of nitrogens with one attached hydrogen (secondary N) is 1. The molecule has 2 aromatic heterocycles. The topological polar surface area (TPSA) is 54.0 Å². The van der Waals surface area contributed by atoms with Crippen molar-refractivity contribution >= 4 is 11.0 Å². The van der Waals surface area contributed by atoms with Crippen molar-refractivity contribution in [3.05, 3.63) is 59.4 Å². The highest BCUT2D eigenvalue weighted by molar-refractivity contribution is 5.74. The monoisotopic (exact) mass is 358 g/mol. The van der Waals surface area contributed by atoms with Gasteiger partial charge in [-0.3, -0.25) is 9.88 Å². The largest absolute Gasteiger partial charge is 0.366 e.